The molecule has 33 heavy (non-hydrogen) atoms. The third-order valence-corrected chi connectivity index (χ3v) is 6.78. The molecule has 2 aliphatic rings. The van der Waals surface area contributed by atoms with E-state index in [1.807, 2.05) is 19.1 Å². The molecule has 1 fully saturated rings. The molecule has 0 saturated carbocycles. The second-order valence-electron chi connectivity index (χ2n) is 9.46. The number of carbonyl (C=O) groups is 1. The van der Waals surface area contributed by atoms with Crippen LogP contribution in [-0.4, -0.2) is 46.5 Å². The fourth-order valence-corrected chi connectivity index (χ4v) is 4.42. The zero-order chi connectivity index (χ0) is 23.4. The number of allylic oxidation sites excluding steroid dienone is 2. The van der Waals surface area contributed by atoms with Gasteiger partial charge in [0.1, 0.15) is 11.5 Å². The number of halogens is 1. The maximum atomic E-state index is 12.8. The van der Waals surface area contributed by atoms with Crippen molar-refractivity contribution in [3.63, 3.8) is 0 Å². The Morgan fingerprint density at radius 1 is 1.27 bits per heavy atom. The summed E-state index contributed by atoms with van der Waals surface area (Å²) in [5.74, 6) is 1.25. The summed E-state index contributed by atoms with van der Waals surface area (Å²) in [5.41, 5.74) is 3.63. The molecule has 1 aromatic heterocycles. The van der Waals surface area contributed by atoms with Crippen LogP contribution in [0, 0.1) is 5.92 Å². The Labute approximate surface area is 201 Å². The molecule has 1 amide bonds. The Bertz CT molecular complexity index is 969. The average Bonchev–Trinajstić information content (AvgIpc) is 3.40. The van der Waals surface area contributed by atoms with E-state index in [0.29, 0.717) is 37.1 Å². The highest BCUT2D eigenvalue weighted by Crippen LogP contribution is 2.34. The average molecular weight is 471 g/mol. The van der Waals surface area contributed by atoms with Crippen LogP contribution in [-0.2, 0) is 24.1 Å². The van der Waals surface area contributed by atoms with Crippen molar-refractivity contribution in [3.8, 4) is 0 Å². The Hall–Kier alpha value is -2.31. The summed E-state index contributed by atoms with van der Waals surface area (Å²) >= 11 is 6.32. The van der Waals surface area contributed by atoms with Gasteiger partial charge in [0.2, 0.25) is 0 Å². The molecule has 0 atom stereocenters. The number of amides is 1. The molecule has 6 nitrogen and oxygen atoms in total. The van der Waals surface area contributed by atoms with Crippen LogP contribution in [0.1, 0.15) is 61.2 Å². The van der Waals surface area contributed by atoms with Crippen molar-refractivity contribution in [3.05, 3.63) is 59.2 Å². The van der Waals surface area contributed by atoms with Crippen molar-refractivity contribution in [1.82, 2.24) is 15.3 Å². The fraction of sp³-hybridized carbons (Fsp3) is 0.538. The zero-order valence-corrected chi connectivity index (χ0v) is 20.6. The van der Waals surface area contributed by atoms with Gasteiger partial charge in [-0.2, -0.15) is 0 Å². The van der Waals surface area contributed by atoms with Crippen molar-refractivity contribution in [1.29, 1.82) is 0 Å². The number of aryl methyl sites for hydroxylation is 1. The molecule has 7 heteroatoms. The minimum absolute atomic E-state index is 0.156. The summed E-state index contributed by atoms with van der Waals surface area (Å²) < 4.78 is 5.79. The fourth-order valence-electron chi connectivity index (χ4n) is 4.23. The number of carbonyl (C=O) groups excluding carboxylic acids is 1. The van der Waals surface area contributed by atoms with E-state index in [2.05, 4.69) is 58.3 Å². The number of benzene rings is 1. The summed E-state index contributed by atoms with van der Waals surface area (Å²) in [7, 11) is 0. The van der Waals surface area contributed by atoms with Gasteiger partial charge in [-0.15, -0.1) is 11.6 Å². The number of nitrogens with one attached hydrogen (secondary N) is 2. The molecular weight excluding hydrogens is 436 g/mol. The largest absolute Gasteiger partial charge is 0.379 e. The molecule has 0 radical (unpaired) electrons. The number of hydrogen-bond donors (Lipinski definition) is 2. The molecule has 1 aliphatic carbocycles. The van der Waals surface area contributed by atoms with Crippen molar-refractivity contribution in [2.24, 2.45) is 5.92 Å². The third-order valence-electron chi connectivity index (χ3n) is 6.40. The molecule has 1 aromatic carbocycles. The number of imidazole rings is 1. The topological polar surface area (TPSA) is 70.2 Å². The lowest BCUT2D eigenvalue weighted by atomic mass is 9.97. The third kappa shape index (κ3) is 6.39. The van der Waals surface area contributed by atoms with E-state index in [9.17, 15) is 4.79 Å². The van der Waals surface area contributed by atoms with E-state index < -0.39 is 4.87 Å². The van der Waals surface area contributed by atoms with Crippen LogP contribution in [0.4, 0.5) is 5.69 Å². The number of hydrogen-bond acceptors (Lipinski definition) is 4. The number of nitrogens with zero attached hydrogens (tertiary/aromatic N) is 2. The number of aromatic nitrogens is 2. The maximum absolute atomic E-state index is 12.8. The number of aromatic amines is 1. The van der Waals surface area contributed by atoms with E-state index in [0.717, 1.165) is 49.6 Å². The Morgan fingerprint density at radius 2 is 1.97 bits per heavy atom. The monoisotopic (exact) mass is 470 g/mol. The van der Waals surface area contributed by atoms with Crippen molar-refractivity contribution < 1.29 is 9.53 Å². The van der Waals surface area contributed by atoms with Crippen LogP contribution >= 0.6 is 11.6 Å². The minimum Gasteiger partial charge on any atom is -0.379 e. The van der Waals surface area contributed by atoms with E-state index in [4.69, 9.17) is 16.3 Å². The van der Waals surface area contributed by atoms with Crippen LogP contribution in [0.3, 0.4) is 0 Å². The van der Waals surface area contributed by atoms with Gasteiger partial charge < -0.3 is 19.9 Å². The molecule has 1 saturated heterocycles. The normalized spacial score (nSPS) is 17.5. The van der Waals surface area contributed by atoms with Gasteiger partial charge in [0.25, 0.3) is 5.91 Å². The molecule has 178 valence electrons. The van der Waals surface area contributed by atoms with E-state index in [-0.39, 0.29) is 5.91 Å². The van der Waals surface area contributed by atoms with Gasteiger partial charge in [0.05, 0.1) is 11.0 Å². The molecule has 4 rings (SSSR count). The Morgan fingerprint density at radius 3 is 2.58 bits per heavy atom. The summed E-state index contributed by atoms with van der Waals surface area (Å²) in [6.45, 7) is 9.65. The van der Waals surface area contributed by atoms with E-state index in [1.165, 1.54) is 5.69 Å². The number of H-pyrrole nitrogens is 1. The summed E-state index contributed by atoms with van der Waals surface area (Å²) in [4.78, 5) is 22.6. The predicted octanol–water partition coefficient (Wildman–Crippen LogP) is 4.63. The first-order chi connectivity index (χ1) is 15.8. The first kappa shape index (κ1) is 23.8. The van der Waals surface area contributed by atoms with Crippen LogP contribution in [0.15, 0.2) is 36.4 Å². The molecule has 0 spiro atoms. The second kappa shape index (κ2) is 10.3. The number of rotatable bonds is 10. The molecule has 0 bridgehead atoms. The van der Waals surface area contributed by atoms with Crippen LogP contribution in [0.2, 0.25) is 0 Å². The Balaban J connectivity index is 1.27. The molecule has 2 N–H and O–H groups in total. The SMILES string of the molecule is CCc1[nH]c(CC2(Cl)C=C2)nc1C(=O)NCc1ccc(N2CCC(COC(C)C)CC2)cc1. The summed E-state index contributed by atoms with van der Waals surface area (Å²) in [6.07, 6.45) is 7.81. The molecular formula is C26H35ClN4O2. The molecule has 2 aromatic rings. The van der Waals surface area contributed by atoms with E-state index in [1.54, 1.807) is 0 Å². The van der Waals surface area contributed by atoms with Crippen molar-refractivity contribution in [2.75, 3.05) is 24.6 Å². The maximum Gasteiger partial charge on any atom is 0.272 e. The number of anilines is 1. The lowest BCUT2D eigenvalue weighted by molar-refractivity contribution is 0.0449. The van der Waals surface area contributed by atoms with Crippen LogP contribution in [0.5, 0.6) is 0 Å². The van der Waals surface area contributed by atoms with Gasteiger partial charge in [-0.3, -0.25) is 4.79 Å². The van der Waals surface area contributed by atoms with Gasteiger partial charge in [-0.1, -0.05) is 31.2 Å². The highest BCUT2D eigenvalue weighted by Gasteiger charge is 2.33. The van der Waals surface area contributed by atoms with Gasteiger partial charge in [-0.25, -0.2) is 4.98 Å². The zero-order valence-electron chi connectivity index (χ0n) is 19.9. The van der Waals surface area contributed by atoms with E-state index >= 15 is 0 Å². The first-order valence-corrected chi connectivity index (χ1v) is 12.4. The second-order valence-corrected chi connectivity index (χ2v) is 10.2. The number of piperidine rings is 1. The number of alkyl halides is 1. The van der Waals surface area contributed by atoms with Gasteiger partial charge in [0, 0.05) is 44.0 Å². The first-order valence-electron chi connectivity index (χ1n) is 12.1. The van der Waals surface area contributed by atoms with Crippen LogP contribution in [0.25, 0.3) is 0 Å². The van der Waals surface area contributed by atoms with Crippen molar-refractivity contribution in [2.45, 2.75) is 64.0 Å². The molecule has 1 aliphatic heterocycles. The predicted molar refractivity (Wildman–Crippen MR) is 133 cm³/mol. The standard InChI is InChI=1S/C26H35ClN4O2/c1-4-22-24(30-23(29-22)15-26(27)11-12-26)25(32)28-16-19-5-7-21(8-6-19)31-13-9-20(10-14-31)17-33-18(2)3/h5-8,11-12,18,20H,4,9-10,13-17H2,1-3H3,(H,28,32)(H,29,30). The minimum atomic E-state index is -0.407. The lowest BCUT2D eigenvalue weighted by Crippen LogP contribution is -2.35. The smallest absolute Gasteiger partial charge is 0.272 e. The summed E-state index contributed by atoms with van der Waals surface area (Å²) in [5, 5.41) is 3.01. The highest BCUT2D eigenvalue weighted by molar-refractivity contribution is 6.29. The van der Waals surface area contributed by atoms with Gasteiger partial charge >= 0.3 is 0 Å². The quantitative estimate of drug-likeness (QED) is 0.392. The van der Waals surface area contributed by atoms with Gasteiger partial charge in [0.15, 0.2) is 0 Å². The highest BCUT2D eigenvalue weighted by atomic mass is 35.5. The lowest BCUT2D eigenvalue weighted by Gasteiger charge is -2.33. The molecule has 2 heterocycles. The van der Waals surface area contributed by atoms with Gasteiger partial charge in [-0.05, 0) is 56.7 Å². The summed E-state index contributed by atoms with van der Waals surface area (Å²) in [6, 6.07) is 8.49. The Kier molecular flexibility index (Phi) is 7.45. The van der Waals surface area contributed by atoms with Crippen molar-refractivity contribution >= 4 is 23.2 Å². The molecule has 0 unspecified atom stereocenters. The van der Waals surface area contributed by atoms with Crippen LogP contribution < -0.4 is 10.2 Å². The number of ether oxygens (including phenoxy) is 1.